The highest BCUT2D eigenvalue weighted by atomic mass is 16.6. The summed E-state index contributed by atoms with van der Waals surface area (Å²) in [5.41, 5.74) is -1.65. The molecule has 25 heavy (non-hydrogen) atoms. The van der Waals surface area contributed by atoms with E-state index in [1.165, 1.54) is 0 Å². The van der Waals surface area contributed by atoms with Crippen LogP contribution in [-0.2, 0) is 19.0 Å². The van der Waals surface area contributed by atoms with E-state index in [0.29, 0.717) is 0 Å². The molecule has 1 atom stereocenters. The summed E-state index contributed by atoms with van der Waals surface area (Å²) in [6, 6.07) is -1.50. The Morgan fingerprint density at radius 1 is 0.960 bits per heavy atom. The molecule has 0 unspecified atom stereocenters. The van der Waals surface area contributed by atoms with Crippen LogP contribution in [0.15, 0.2) is 0 Å². The third-order valence-corrected chi connectivity index (χ3v) is 2.33. The van der Waals surface area contributed by atoms with E-state index in [-0.39, 0.29) is 0 Å². The lowest BCUT2D eigenvalue weighted by atomic mass is 10.1. The minimum atomic E-state index is -2.63. The molecule has 0 rings (SSSR count). The topological polar surface area (TPSA) is 103 Å². The molecule has 0 aromatic heterocycles. The van der Waals surface area contributed by atoms with E-state index in [0.717, 1.165) is 7.11 Å². The number of alkyl carbamates (subject to hydrolysis) is 2. The monoisotopic (exact) mass is 364 g/mol. The van der Waals surface area contributed by atoms with Crippen LogP contribution < -0.4 is 10.6 Å². The van der Waals surface area contributed by atoms with Crippen LogP contribution in [0.1, 0.15) is 66.2 Å². The van der Waals surface area contributed by atoms with Crippen molar-refractivity contribution in [2.75, 3.05) is 13.7 Å². The van der Waals surface area contributed by atoms with Gasteiger partial charge in [-0.25, -0.2) is 14.4 Å². The van der Waals surface area contributed by atoms with Gasteiger partial charge in [-0.3, -0.25) is 0 Å². The molecule has 0 bridgehead atoms. The summed E-state index contributed by atoms with van der Waals surface area (Å²) in [4.78, 5) is 35.6. The minimum absolute atomic E-state index is 0.713. The van der Waals surface area contributed by atoms with Crippen LogP contribution in [0.3, 0.4) is 0 Å². The van der Waals surface area contributed by atoms with Crippen molar-refractivity contribution in [3.63, 3.8) is 0 Å². The summed E-state index contributed by atoms with van der Waals surface area (Å²) in [5.74, 6) is -0.962. The van der Waals surface area contributed by atoms with Gasteiger partial charge in [0.25, 0.3) is 0 Å². The van der Waals surface area contributed by atoms with Gasteiger partial charge in [0.1, 0.15) is 17.2 Å². The molecule has 0 fully saturated rings. The molecule has 2 amide bonds. The van der Waals surface area contributed by atoms with Gasteiger partial charge in [0, 0.05) is 12.0 Å². The first kappa shape index (κ1) is 16.5. The van der Waals surface area contributed by atoms with Crippen molar-refractivity contribution in [3.05, 3.63) is 0 Å². The van der Waals surface area contributed by atoms with E-state index < -0.39 is 61.1 Å². The molecule has 8 nitrogen and oxygen atoms in total. The molecular formula is C17H32N2O6. The van der Waals surface area contributed by atoms with Gasteiger partial charge in [-0.05, 0) is 60.7 Å². The zero-order chi connectivity index (χ0) is 23.3. The number of esters is 1. The average Bonchev–Trinajstić information content (AvgIpc) is 2.47. The number of hydrogen-bond donors (Lipinski definition) is 2. The first-order chi connectivity index (χ1) is 12.8. The van der Waals surface area contributed by atoms with E-state index >= 15 is 0 Å². The van der Waals surface area contributed by atoms with E-state index in [9.17, 15) is 14.4 Å². The quantitative estimate of drug-likeness (QED) is 0.532. The largest absolute Gasteiger partial charge is 0.467 e. The molecular weight excluding hydrogens is 328 g/mol. The summed E-state index contributed by atoms with van der Waals surface area (Å²) in [6.45, 7) is 9.01. The summed E-state index contributed by atoms with van der Waals surface area (Å²) in [6.07, 6.45) is -7.85. The summed E-state index contributed by atoms with van der Waals surface area (Å²) in [7, 11) is 1.06. The van der Waals surface area contributed by atoms with Crippen molar-refractivity contribution in [2.45, 2.75) is 78.0 Å². The Balaban J connectivity index is 5.20. The van der Waals surface area contributed by atoms with Gasteiger partial charge in [-0.1, -0.05) is 0 Å². The SMILES string of the molecule is [2H]C([2H])(CNC(=O)OC(C)(C)C)C([2H])([2H])C[C@H](NC(=O)OC(C)(C)C)C(=O)OC. The molecule has 0 heterocycles. The first-order valence-corrected chi connectivity index (χ1v) is 7.84. The van der Waals surface area contributed by atoms with Crippen LogP contribution in [0.25, 0.3) is 0 Å². The maximum absolute atomic E-state index is 12.0. The van der Waals surface area contributed by atoms with Crippen molar-refractivity contribution >= 4 is 18.2 Å². The third kappa shape index (κ3) is 13.0. The van der Waals surface area contributed by atoms with Crippen LogP contribution in [0, 0.1) is 0 Å². The number of ether oxygens (including phenoxy) is 3. The second kappa shape index (κ2) is 10.1. The highest BCUT2D eigenvalue weighted by molar-refractivity contribution is 5.81. The van der Waals surface area contributed by atoms with E-state index in [4.69, 9.17) is 15.0 Å². The fourth-order valence-corrected chi connectivity index (χ4v) is 1.45. The maximum atomic E-state index is 12.0. The second-order valence-corrected chi connectivity index (χ2v) is 7.14. The number of rotatable bonds is 7. The Morgan fingerprint density at radius 2 is 1.48 bits per heavy atom. The van der Waals surface area contributed by atoms with Crippen LogP contribution >= 0.6 is 0 Å². The third-order valence-electron chi connectivity index (χ3n) is 2.33. The van der Waals surface area contributed by atoms with Gasteiger partial charge >= 0.3 is 18.2 Å². The summed E-state index contributed by atoms with van der Waals surface area (Å²) < 4.78 is 46.7. The standard InChI is InChI=1S/C17H32N2O6/c1-16(2,3)24-14(21)18-11-9-8-10-12(13(20)23-7)19-15(22)25-17(4,5)6/h12H,8-11H2,1-7H3,(H,18,21)(H,19,22)/t12-/m0/s1/i8D2,9D2. The van der Waals surface area contributed by atoms with Gasteiger partial charge in [0.15, 0.2) is 0 Å². The van der Waals surface area contributed by atoms with Crippen molar-refractivity contribution in [3.8, 4) is 0 Å². The lowest BCUT2D eigenvalue weighted by Gasteiger charge is -2.22. The molecule has 0 saturated carbocycles. The van der Waals surface area contributed by atoms with E-state index in [1.54, 1.807) is 41.5 Å². The van der Waals surface area contributed by atoms with Crippen molar-refractivity contribution in [1.29, 1.82) is 0 Å². The van der Waals surface area contributed by atoms with Crippen LogP contribution in [0.5, 0.6) is 0 Å². The van der Waals surface area contributed by atoms with E-state index in [2.05, 4.69) is 15.4 Å². The first-order valence-electron chi connectivity index (χ1n) is 9.84. The molecule has 146 valence electrons. The molecule has 0 aromatic rings. The van der Waals surface area contributed by atoms with Crippen LogP contribution in [0.2, 0.25) is 0 Å². The molecule has 0 aliphatic carbocycles. The van der Waals surface area contributed by atoms with Gasteiger partial charge < -0.3 is 24.8 Å². The Labute approximate surface area is 155 Å². The molecule has 0 spiro atoms. The smallest absolute Gasteiger partial charge is 0.408 e. The number of carbonyl (C=O) groups excluding carboxylic acids is 3. The lowest BCUT2D eigenvalue weighted by molar-refractivity contribution is -0.143. The van der Waals surface area contributed by atoms with Crippen molar-refractivity contribution < 1.29 is 34.1 Å². The van der Waals surface area contributed by atoms with Crippen molar-refractivity contribution in [2.24, 2.45) is 0 Å². The normalized spacial score (nSPS) is 16.3. The number of nitrogens with one attached hydrogen (secondary N) is 2. The van der Waals surface area contributed by atoms with Gasteiger partial charge in [-0.15, -0.1) is 0 Å². The highest BCUT2D eigenvalue weighted by Gasteiger charge is 2.24. The fraction of sp³-hybridized carbons (Fsp3) is 0.824. The molecule has 2 N–H and O–H groups in total. The zero-order valence-corrected chi connectivity index (χ0v) is 15.9. The number of amides is 2. The van der Waals surface area contributed by atoms with Gasteiger partial charge in [0.05, 0.1) is 7.11 Å². The highest BCUT2D eigenvalue weighted by Crippen LogP contribution is 2.09. The molecule has 0 saturated heterocycles. The predicted molar refractivity (Wildman–Crippen MR) is 93.3 cm³/mol. The lowest BCUT2D eigenvalue weighted by Crippen LogP contribution is -2.44. The zero-order valence-electron chi connectivity index (χ0n) is 19.9. The molecule has 0 radical (unpaired) electrons. The Bertz CT molecular complexity index is 600. The fourth-order valence-electron chi connectivity index (χ4n) is 1.45. The summed E-state index contributed by atoms with van der Waals surface area (Å²) >= 11 is 0. The maximum Gasteiger partial charge on any atom is 0.408 e. The van der Waals surface area contributed by atoms with E-state index in [1.807, 2.05) is 0 Å². The predicted octanol–water partition coefficient (Wildman–Crippen LogP) is 2.75. The molecule has 0 aliphatic rings. The minimum Gasteiger partial charge on any atom is -0.467 e. The Hall–Kier alpha value is -1.99. The molecule has 0 aromatic carbocycles. The second-order valence-electron chi connectivity index (χ2n) is 7.14. The van der Waals surface area contributed by atoms with Crippen LogP contribution in [0.4, 0.5) is 9.59 Å². The molecule has 8 heteroatoms. The Kier molecular flexibility index (Phi) is 6.66. The Morgan fingerprint density at radius 3 is 1.96 bits per heavy atom. The summed E-state index contributed by atoms with van der Waals surface area (Å²) in [5, 5.41) is 4.36. The molecule has 0 aliphatic heterocycles. The average molecular weight is 364 g/mol. The van der Waals surface area contributed by atoms with Gasteiger partial charge in [0.2, 0.25) is 0 Å². The number of methoxy groups -OCH3 is 1. The number of carbonyl (C=O) groups is 3. The van der Waals surface area contributed by atoms with Crippen LogP contribution in [-0.4, -0.2) is 49.1 Å². The van der Waals surface area contributed by atoms with Gasteiger partial charge in [-0.2, -0.15) is 0 Å². The number of hydrogen-bond acceptors (Lipinski definition) is 6. The van der Waals surface area contributed by atoms with Crippen molar-refractivity contribution in [1.82, 2.24) is 10.6 Å².